The van der Waals surface area contributed by atoms with Gasteiger partial charge in [0.2, 0.25) is 0 Å². The Morgan fingerprint density at radius 2 is 1.77 bits per heavy atom. The first-order valence-corrected chi connectivity index (χ1v) is 8.56. The molecule has 0 aromatic heterocycles. The zero-order valence-corrected chi connectivity index (χ0v) is 14.2. The summed E-state index contributed by atoms with van der Waals surface area (Å²) in [4.78, 5) is -0.0808. The van der Waals surface area contributed by atoms with E-state index in [1.165, 1.54) is 12.1 Å². The maximum absolute atomic E-state index is 12.6. The number of hydrogen-bond acceptors (Lipinski definition) is 4. The van der Waals surface area contributed by atoms with Gasteiger partial charge in [0, 0.05) is 5.02 Å². The van der Waals surface area contributed by atoms with Gasteiger partial charge in [-0.05, 0) is 56.2 Å². The minimum Gasteiger partial charge on any atom is -0.492 e. The zero-order chi connectivity index (χ0) is 16.3. The van der Waals surface area contributed by atoms with Gasteiger partial charge in [-0.15, -0.1) is 0 Å². The number of hydrogen-bond donors (Lipinski definition) is 0. The summed E-state index contributed by atoms with van der Waals surface area (Å²) >= 11 is 5.91. The van der Waals surface area contributed by atoms with E-state index in [0.717, 1.165) is 11.1 Å². The number of aryl methyl sites for hydroxylation is 2. The van der Waals surface area contributed by atoms with Crippen molar-refractivity contribution in [3.8, 4) is 11.5 Å². The number of ether oxygens (including phenoxy) is 1. The summed E-state index contributed by atoms with van der Waals surface area (Å²) in [6.07, 6.45) is 0. The lowest BCUT2D eigenvalue weighted by Crippen LogP contribution is -2.12. The van der Waals surface area contributed by atoms with Crippen LogP contribution in [0.2, 0.25) is 5.02 Å². The van der Waals surface area contributed by atoms with Crippen LogP contribution in [0.1, 0.15) is 18.1 Å². The molecule has 0 atom stereocenters. The van der Waals surface area contributed by atoms with E-state index in [1.807, 2.05) is 19.1 Å². The van der Waals surface area contributed by atoms with E-state index >= 15 is 0 Å². The van der Waals surface area contributed by atoms with Crippen molar-refractivity contribution < 1.29 is 17.3 Å². The largest absolute Gasteiger partial charge is 0.492 e. The Morgan fingerprint density at radius 1 is 1.05 bits per heavy atom. The molecule has 0 spiro atoms. The second-order valence-corrected chi connectivity index (χ2v) is 6.78. The molecule has 22 heavy (non-hydrogen) atoms. The summed E-state index contributed by atoms with van der Waals surface area (Å²) in [7, 11) is -4.04. The van der Waals surface area contributed by atoms with E-state index in [-0.39, 0.29) is 10.6 Å². The fourth-order valence-corrected chi connectivity index (χ4v) is 3.30. The van der Waals surface area contributed by atoms with Gasteiger partial charge in [-0.3, -0.25) is 0 Å². The molecular weight excluding hydrogens is 324 g/mol. The van der Waals surface area contributed by atoms with Gasteiger partial charge in [-0.1, -0.05) is 23.7 Å². The fraction of sp³-hybridized carbons (Fsp3) is 0.250. The molecule has 6 heteroatoms. The second kappa shape index (κ2) is 6.58. The summed E-state index contributed by atoms with van der Waals surface area (Å²) in [5.41, 5.74) is 1.64. The molecule has 4 nitrogen and oxygen atoms in total. The number of halogens is 1. The van der Waals surface area contributed by atoms with Gasteiger partial charge in [0.1, 0.15) is 16.4 Å². The Kier molecular flexibility index (Phi) is 4.98. The molecule has 0 N–H and O–H groups in total. The number of benzene rings is 2. The maximum atomic E-state index is 12.6. The van der Waals surface area contributed by atoms with Gasteiger partial charge < -0.3 is 8.92 Å². The van der Waals surface area contributed by atoms with Crippen LogP contribution in [0.3, 0.4) is 0 Å². The van der Waals surface area contributed by atoms with Crippen molar-refractivity contribution >= 4 is 21.7 Å². The molecule has 2 aromatic carbocycles. The minimum absolute atomic E-state index is 0.0808. The average molecular weight is 341 g/mol. The van der Waals surface area contributed by atoms with Crippen LogP contribution in [-0.2, 0) is 10.1 Å². The summed E-state index contributed by atoms with van der Waals surface area (Å²) in [6, 6.07) is 9.79. The van der Waals surface area contributed by atoms with Crippen LogP contribution < -0.4 is 8.92 Å². The van der Waals surface area contributed by atoms with Crippen LogP contribution in [0.5, 0.6) is 11.5 Å². The van der Waals surface area contributed by atoms with Crippen molar-refractivity contribution in [2.75, 3.05) is 6.61 Å². The molecule has 0 saturated carbocycles. The summed E-state index contributed by atoms with van der Waals surface area (Å²) < 4.78 is 35.7. The Labute approximate surface area is 135 Å². The van der Waals surface area contributed by atoms with E-state index in [2.05, 4.69) is 0 Å². The van der Waals surface area contributed by atoms with Crippen LogP contribution in [0, 0.1) is 13.8 Å². The maximum Gasteiger partial charge on any atom is 0.342 e. The topological polar surface area (TPSA) is 52.6 Å². The molecule has 2 aromatic rings. The first-order chi connectivity index (χ1) is 10.3. The molecule has 0 fully saturated rings. The molecule has 0 heterocycles. The van der Waals surface area contributed by atoms with Crippen molar-refractivity contribution in [2.45, 2.75) is 25.7 Å². The van der Waals surface area contributed by atoms with Crippen molar-refractivity contribution in [3.05, 3.63) is 52.5 Å². The van der Waals surface area contributed by atoms with Gasteiger partial charge in [0.15, 0.2) is 0 Å². The highest BCUT2D eigenvalue weighted by Crippen LogP contribution is 2.31. The molecule has 0 unspecified atom stereocenters. The second-order valence-electron chi connectivity index (χ2n) is 4.83. The van der Waals surface area contributed by atoms with Crippen molar-refractivity contribution in [2.24, 2.45) is 0 Å². The SMILES string of the molecule is CCOc1ccc(Cl)cc1S(=O)(=O)Oc1cc(C)ccc1C. The van der Waals surface area contributed by atoms with Crippen molar-refractivity contribution in [1.82, 2.24) is 0 Å². The molecule has 118 valence electrons. The molecule has 0 aliphatic heterocycles. The normalized spacial score (nSPS) is 11.3. The third-order valence-corrected chi connectivity index (χ3v) is 4.51. The van der Waals surface area contributed by atoms with Gasteiger partial charge in [0.25, 0.3) is 0 Å². The molecule has 0 aliphatic carbocycles. The Morgan fingerprint density at radius 3 is 2.45 bits per heavy atom. The molecule has 0 amide bonds. The highest BCUT2D eigenvalue weighted by Gasteiger charge is 2.23. The van der Waals surface area contributed by atoms with Crippen LogP contribution in [0.4, 0.5) is 0 Å². The molecule has 0 radical (unpaired) electrons. The van der Waals surface area contributed by atoms with Crippen LogP contribution in [-0.4, -0.2) is 15.0 Å². The fourth-order valence-electron chi connectivity index (χ4n) is 1.91. The van der Waals surface area contributed by atoms with E-state index in [4.69, 9.17) is 20.5 Å². The monoisotopic (exact) mass is 340 g/mol. The van der Waals surface area contributed by atoms with E-state index in [1.54, 1.807) is 26.0 Å². The standard InChI is InChI=1S/C16H17ClO4S/c1-4-20-14-8-7-13(17)10-16(14)22(18,19)21-15-9-11(2)5-6-12(15)3/h5-10H,4H2,1-3H3. The Bertz CT molecular complexity index is 785. The van der Waals surface area contributed by atoms with E-state index in [9.17, 15) is 8.42 Å². The summed E-state index contributed by atoms with van der Waals surface area (Å²) in [5.74, 6) is 0.514. The smallest absolute Gasteiger partial charge is 0.342 e. The summed E-state index contributed by atoms with van der Waals surface area (Å²) in [6.45, 7) is 5.76. The minimum atomic E-state index is -4.04. The van der Waals surface area contributed by atoms with Crippen LogP contribution in [0.15, 0.2) is 41.3 Å². The van der Waals surface area contributed by atoms with Crippen LogP contribution in [0.25, 0.3) is 0 Å². The Balaban J connectivity index is 2.46. The average Bonchev–Trinajstić information content (AvgIpc) is 2.45. The molecular formula is C16H17ClO4S. The zero-order valence-electron chi connectivity index (χ0n) is 12.6. The van der Waals surface area contributed by atoms with Gasteiger partial charge >= 0.3 is 10.1 Å². The predicted molar refractivity (Wildman–Crippen MR) is 86.4 cm³/mol. The lowest BCUT2D eigenvalue weighted by molar-refractivity contribution is 0.329. The lowest BCUT2D eigenvalue weighted by atomic mass is 10.1. The van der Waals surface area contributed by atoms with Gasteiger partial charge in [-0.2, -0.15) is 8.42 Å². The molecule has 0 saturated heterocycles. The third kappa shape index (κ3) is 3.72. The quantitative estimate of drug-likeness (QED) is 0.768. The Hall–Kier alpha value is -1.72. The first kappa shape index (κ1) is 16.6. The molecule has 2 rings (SSSR count). The third-order valence-electron chi connectivity index (χ3n) is 3.02. The van der Waals surface area contributed by atoms with E-state index in [0.29, 0.717) is 17.4 Å². The van der Waals surface area contributed by atoms with Crippen molar-refractivity contribution in [1.29, 1.82) is 0 Å². The predicted octanol–water partition coefficient (Wildman–Crippen LogP) is 4.12. The number of rotatable bonds is 5. The van der Waals surface area contributed by atoms with Gasteiger partial charge in [0.05, 0.1) is 6.61 Å². The summed E-state index contributed by atoms with van der Waals surface area (Å²) in [5, 5.41) is 0.298. The first-order valence-electron chi connectivity index (χ1n) is 6.77. The van der Waals surface area contributed by atoms with Crippen molar-refractivity contribution in [3.63, 3.8) is 0 Å². The molecule has 0 aliphatic rings. The van der Waals surface area contributed by atoms with Gasteiger partial charge in [-0.25, -0.2) is 0 Å². The van der Waals surface area contributed by atoms with Crippen LogP contribution >= 0.6 is 11.6 Å². The lowest BCUT2D eigenvalue weighted by Gasteiger charge is -2.13. The molecule has 0 bridgehead atoms. The highest BCUT2D eigenvalue weighted by molar-refractivity contribution is 7.87. The van der Waals surface area contributed by atoms with E-state index < -0.39 is 10.1 Å². The highest BCUT2D eigenvalue weighted by atomic mass is 35.5.